The van der Waals surface area contributed by atoms with E-state index in [2.05, 4.69) is 5.32 Å². The third kappa shape index (κ3) is 2.11. The molecule has 3 rings (SSSR count). The Morgan fingerprint density at radius 1 is 1.39 bits per heavy atom. The van der Waals surface area contributed by atoms with Gasteiger partial charge in [0, 0.05) is 11.4 Å². The summed E-state index contributed by atoms with van der Waals surface area (Å²) in [7, 11) is 0. The maximum absolute atomic E-state index is 10.9. The highest BCUT2D eigenvalue weighted by Crippen LogP contribution is 2.22. The van der Waals surface area contributed by atoms with Crippen molar-refractivity contribution in [2.45, 2.75) is 31.8 Å². The molecule has 0 radical (unpaired) electrons. The maximum atomic E-state index is 10.9. The largest absolute Gasteiger partial charge is 0.478 e. The van der Waals surface area contributed by atoms with E-state index in [1.807, 2.05) is 6.07 Å². The van der Waals surface area contributed by atoms with Gasteiger partial charge in [-0.25, -0.2) is 4.79 Å². The topological polar surface area (TPSA) is 62.5 Å². The summed E-state index contributed by atoms with van der Waals surface area (Å²) in [5.74, 6) is -0.0677. The van der Waals surface area contributed by atoms with Gasteiger partial charge in [0.05, 0.1) is 12.1 Å². The van der Waals surface area contributed by atoms with Gasteiger partial charge in [0.25, 0.3) is 0 Å². The monoisotopic (exact) mass is 245 g/mol. The second kappa shape index (κ2) is 4.46. The molecule has 0 saturated heterocycles. The first-order valence-electron chi connectivity index (χ1n) is 6.21. The number of hydrogen-bond acceptors (Lipinski definition) is 3. The number of benzene rings is 1. The zero-order valence-electron chi connectivity index (χ0n) is 9.98. The third-order valence-electron chi connectivity index (χ3n) is 3.49. The zero-order chi connectivity index (χ0) is 12.5. The molecule has 1 aromatic heterocycles. The second-order valence-electron chi connectivity index (χ2n) is 4.78. The molecule has 2 N–H and O–H groups in total. The molecule has 0 amide bonds. The van der Waals surface area contributed by atoms with E-state index in [4.69, 9.17) is 9.52 Å². The number of fused-ring (bicyclic) bond motifs is 1. The molecular weight excluding hydrogens is 230 g/mol. The van der Waals surface area contributed by atoms with Gasteiger partial charge >= 0.3 is 5.97 Å². The normalized spacial score (nSPS) is 15.8. The number of hydrogen-bond donors (Lipinski definition) is 2. The quantitative estimate of drug-likeness (QED) is 0.869. The molecule has 1 saturated carbocycles. The van der Waals surface area contributed by atoms with Crippen LogP contribution in [0.4, 0.5) is 0 Å². The minimum Gasteiger partial charge on any atom is -0.478 e. The minimum absolute atomic E-state index is 0.260. The smallest absolute Gasteiger partial charge is 0.335 e. The Labute approximate surface area is 105 Å². The Hall–Kier alpha value is -1.81. The molecule has 0 atom stereocenters. The number of aromatic carboxylic acids is 1. The summed E-state index contributed by atoms with van der Waals surface area (Å²) < 4.78 is 5.65. The van der Waals surface area contributed by atoms with Crippen molar-refractivity contribution in [2.24, 2.45) is 0 Å². The van der Waals surface area contributed by atoms with E-state index in [9.17, 15) is 4.79 Å². The van der Waals surface area contributed by atoms with Gasteiger partial charge in [-0.15, -0.1) is 0 Å². The van der Waals surface area contributed by atoms with Crippen LogP contribution in [0.1, 0.15) is 35.4 Å². The molecule has 0 bridgehead atoms. The summed E-state index contributed by atoms with van der Waals surface area (Å²) >= 11 is 0. The van der Waals surface area contributed by atoms with E-state index in [0.717, 1.165) is 11.1 Å². The molecule has 1 aliphatic carbocycles. The molecule has 18 heavy (non-hydrogen) atoms. The second-order valence-corrected chi connectivity index (χ2v) is 4.78. The lowest BCUT2D eigenvalue weighted by Gasteiger charge is -2.25. The van der Waals surface area contributed by atoms with Crippen molar-refractivity contribution in [2.75, 3.05) is 0 Å². The summed E-state index contributed by atoms with van der Waals surface area (Å²) in [6.07, 6.45) is 3.78. The van der Waals surface area contributed by atoms with Crippen LogP contribution in [-0.2, 0) is 6.54 Å². The van der Waals surface area contributed by atoms with Crippen LogP contribution in [0, 0.1) is 0 Å². The summed E-state index contributed by atoms with van der Waals surface area (Å²) in [5, 5.41) is 13.3. The lowest BCUT2D eigenvalue weighted by molar-refractivity contribution is 0.0697. The lowest BCUT2D eigenvalue weighted by atomic mass is 9.93. The highest BCUT2D eigenvalue weighted by molar-refractivity contribution is 5.92. The fraction of sp³-hybridized carbons (Fsp3) is 0.357. The van der Waals surface area contributed by atoms with Crippen LogP contribution in [0.2, 0.25) is 0 Å². The molecule has 1 heterocycles. The Morgan fingerprint density at radius 3 is 2.89 bits per heavy atom. The average Bonchev–Trinajstić information content (AvgIpc) is 2.68. The highest BCUT2D eigenvalue weighted by Gasteiger charge is 2.17. The predicted molar refractivity (Wildman–Crippen MR) is 67.7 cm³/mol. The molecular formula is C14H15NO3. The number of furan rings is 1. The van der Waals surface area contributed by atoms with Crippen LogP contribution < -0.4 is 5.32 Å². The number of rotatable bonds is 4. The number of carboxylic acids is 1. The van der Waals surface area contributed by atoms with Crippen molar-refractivity contribution in [3.05, 3.63) is 35.6 Å². The summed E-state index contributed by atoms with van der Waals surface area (Å²) in [6.45, 7) is 0.710. The standard InChI is InChI=1S/C14H15NO3/c16-14(17)10-5-4-9-6-12(18-13(9)7-10)8-15-11-2-1-3-11/h4-7,11,15H,1-3,8H2,(H,16,17). The van der Waals surface area contributed by atoms with E-state index in [-0.39, 0.29) is 5.56 Å². The summed E-state index contributed by atoms with van der Waals surface area (Å²) in [4.78, 5) is 10.9. The number of carboxylic acid groups (broad SMARTS) is 1. The number of nitrogens with one attached hydrogen (secondary N) is 1. The first-order chi connectivity index (χ1) is 8.72. The first kappa shape index (κ1) is 11.3. The van der Waals surface area contributed by atoms with Gasteiger partial charge < -0.3 is 14.8 Å². The van der Waals surface area contributed by atoms with Crippen LogP contribution in [-0.4, -0.2) is 17.1 Å². The maximum Gasteiger partial charge on any atom is 0.335 e. The SMILES string of the molecule is O=C(O)c1ccc2cc(CNC3CCC3)oc2c1. The molecule has 0 unspecified atom stereocenters. The van der Waals surface area contributed by atoms with Crippen LogP contribution in [0.5, 0.6) is 0 Å². The van der Waals surface area contributed by atoms with Gasteiger partial charge in [0.1, 0.15) is 11.3 Å². The Morgan fingerprint density at radius 2 is 2.22 bits per heavy atom. The fourth-order valence-electron chi connectivity index (χ4n) is 2.16. The van der Waals surface area contributed by atoms with Gasteiger partial charge in [-0.1, -0.05) is 12.5 Å². The minimum atomic E-state index is -0.928. The molecule has 1 aliphatic rings. The Balaban J connectivity index is 1.79. The molecule has 1 fully saturated rings. The van der Waals surface area contributed by atoms with Crippen molar-refractivity contribution in [3.63, 3.8) is 0 Å². The zero-order valence-corrected chi connectivity index (χ0v) is 9.98. The third-order valence-corrected chi connectivity index (χ3v) is 3.49. The predicted octanol–water partition coefficient (Wildman–Crippen LogP) is 2.77. The molecule has 2 aromatic rings. The van der Waals surface area contributed by atoms with Crippen molar-refractivity contribution in [1.29, 1.82) is 0 Å². The Bertz CT molecular complexity index is 584. The van der Waals surface area contributed by atoms with Gasteiger partial charge in [0.15, 0.2) is 0 Å². The summed E-state index contributed by atoms with van der Waals surface area (Å²) in [6, 6.07) is 7.54. The number of carbonyl (C=O) groups is 1. The lowest BCUT2D eigenvalue weighted by Crippen LogP contribution is -2.34. The van der Waals surface area contributed by atoms with Crippen LogP contribution in [0.15, 0.2) is 28.7 Å². The molecule has 94 valence electrons. The van der Waals surface area contributed by atoms with E-state index in [1.165, 1.54) is 19.3 Å². The molecule has 4 nitrogen and oxygen atoms in total. The molecule has 1 aromatic carbocycles. The van der Waals surface area contributed by atoms with Crippen molar-refractivity contribution in [1.82, 2.24) is 5.32 Å². The van der Waals surface area contributed by atoms with Gasteiger partial charge in [-0.2, -0.15) is 0 Å². The molecule has 0 aliphatic heterocycles. The first-order valence-corrected chi connectivity index (χ1v) is 6.21. The van der Waals surface area contributed by atoms with Crippen LogP contribution >= 0.6 is 0 Å². The van der Waals surface area contributed by atoms with Crippen LogP contribution in [0.3, 0.4) is 0 Å². The molecule has 0 spiro atoms. The van der Waals surface area contributed by atoms with E-state index in [0.29, 0.717) is 18.2 Å². The fourth-order valence-corrected chi connectivity index (χ4v) is 2.16. The van der Waals surface area contributed by atoms with Crippen molar-refractivity contribution >= 4 is 16.9 Å². The van der Waals surface area contributed by atoms with E-state index in [1.54, 1.807) is 18.2 Å². The van der Waals surface area contributed by atoms with E-state index < -0.39 is 5.97 Å². The van der Waals surface area contributed by atoms with Gasteiger partial charge in [-0.3, -0.25) is 0 Å². The molecule has 4 heteroatoms. The van der Waals surface area contributed by atoms with Crippen LogP contribution in [0.25, 0.3) is 11.0 Å². The summed E-state index contributed by atoms with van der Waals surface area (Å²) in [5.41, 5.74) is 0.899. The van der Waals surface area contributed by atoms with Crippen molar-refractivity contribution in [3.8, 4) is 0 Å². The average molecular weight is 245 g/mol. The Kier molecular flexibility index (Phi) is 2.80. The van der Waals surface area contributed by atoms with Crippen molar-refractivity contribution < 1.29 is 14.3 Å². The van der Waals surface area contributed by atoms with E-state index >= 15 is 0 Å². The van der Waals surface area contributed by atoms with Gasteiger partial charge in [0.2, 0.25) is 0 Å². The highest BCUT2D eigenvalue weighted by atomic mass is 16.4. The van der Waals surface area contributed by atoms with Gasteiger partial charge in [-0.05, 0) is 31.0 Å².